The number of hydrogen-bond acceptors (Lipinski definition) is 7. The predicted molar refractivity (Wildman–Crippen MR) is 116 cm³/mol. The summed E-state index contributed by atoms with van der Waals surface area (Å²) in [6.07, 6.45) is 0. The lowest BCUT2D eigenvalue weighted by Gasteiger charge is -2.27. The number of benzene rings is 2. The summed E-state index contributed by atoms with van der Waals surface area (Å²) < 4.78 is 13.4. The van der Waals surface area contributed by atoms with Crippen molar-refractivity contribution in [2.24, 2.45) is 0 Å². The number of nitrogens with one attached hydrogen (secondary N) is 1. The average molecular weight is 440 g/mol. The second-order valence-corrected chi connectivity index (χ2v) is 7.50. The molecule has 160 valence electrons. The first-order chi connectivity index (χ1) is 15.0. The van der Waals surface area contributed by atoms with Crippen LogP contribution in [0.15, 0.2) is 53.7 Å². The summed E-state index contributed by atoms with van der Waals surface area (Å²) >= 11 is 6.24. The van der Waals surface area contributed by atoms with Crippen LogP contribution in [-0.2, 0) is 11.4 Å². The number of fused-ring (bicyclic) bond motifs is 1. The molecular formula is C22H22ClN5O3. The van der Waals surface area contributed by atoms with Crippen LogP contribution in [0.25, 0.3) is 0 Å². The van der Waals surface area contributed by atoms with E-state index in [-0.39, 0.29) is 5.78 Å². The molecule has 1 N–H and O–H groups in total. The van der Waals surface area contributed by atoms with E-state index in [1.165, 1.54) is 6.92 Å². The van der Waals surface area contributed by atoms with Gasteiger partial charge in [0.25, 0.3) is 0 Å². The Morgan fingerprint density at radius 2 is 2.00 bits per heavy atom. The van der Waals surface area contributed by atoms with Gasteiger partial charge in [-0.25, -0.2) is 0 Å². The number of nitrogens with zero attached hydrogens (tertiary/aromatic N) is 4. The highest BCUT2D eigenvalue weighted by molar-refractivity contribution is 6.31. The molecule has 0 saturated heterocycles. The Morgan fingerprint density at radius 1 is 1.19 bits per heavy atom. The fourth-order valence-corrected chi connectivity index (χ4v) is 3.82. The molecule has 2 heterocycles. The van der Waals surface area contributed by atoms with Gasteiger partial charge < -0.3 is 14.8 Å². The number of carbonyl (C=O) groups is 1. The highest BCUT2D eigenvalue weighted by Crippen LogP contribution is 2.38. The number of rotatable bonds is 7. The van der Waals surface area contributed by atoms with Crippen LogP contribution < -0.4 is 14.8 Å². The normalized spacial score (nSPS) is 15.3. The van der Waals surface area contributed by atoms with E-state index in [0.717, 1.165) is 16.8 Å². The fraction of sp³-hybridized carbons (Fsp3) is 0.273. The van der Waals surface area contributed by atoms with E-state index in [0.29, 0.717) is 41.3 Å². The molecule has 2 aromatic carbocycles. The number of allylic oxidation sites excluding steroid dienone is 2. The van der Waals surface area contributed by atoms with Crippen molar-refractivity contribution >= 4 is 23.3 Å². The zero-order valence-electron chi connectivity index (χ0n) is 17.4. The molecule has 0 amide bonds. The Labute approximate surface area is 184 Å². The number of ketones is 1. The van der Waals surface area contributed by atoms with E-state index in [9.17, 15) is 4.79 Å². The van der Waals surface area contributed by atoms with Crippen molar-refractivity contribution in [1.82, 2.24) is 20.2 Å². The van der Waals surface area contributed by atoms with Crippen molar-refractivity contribution in [3.8, 4) is 11.5 Å². The van der Waals surface area contributed by atoms with Crippen LogP contribution in [0, 0.1) is 0 Å². The van der Waals surface area contributed by atoms with Crippen LogP contribution in [0.5, 0.6) is 11.5 Å². The van der Waals surface area contributed by atoms with E-state index in [1.807, 2.05) is 56.3 Å². The Balaban J connectivity index is 1.70. The van der Waals surface area contributed by atoms with Gasteiger partial charge in [0, 0.05) is 21.9 Å². The Morgan fingerprint density at radius 3 is 2.74 bits per heavy atom. The lowest BCUT2D eigenvalue weighted by Crippen LogP contribution is -2.27. The van der Waals surface area contributed by atoms with E-state index in [1.54, 1.807) is 4.68 Å². The third-order valence-corrected chi connectivity index (χ3v) is 5.39. The van der Waals surface area contributed by atoms with Gasteiger partial charge in [-0.15, -0.1) is 0 Å². The van der Waals surface area contributed by atoms with E-state index >= 15 is 0 Å². The van der Waals surface area contributed by atoms with Crippen LogP contribution in [0.2, 0.25) is 5.02 Å². The van der Waals surface area contributed by atoms with Gasteiger partial charge in [0.05, 0.1) is 6.61 Å². The standard InChI is InChI=1S/C22H22ClN5O3/c1-4-30-19-11-15(9-10-18(19)31-12-16-7-5-6-8-17(16)23)21-20(14(3)29)13(2)24-22-25-26-27-28(21)22/h5-11,21H,4,12H2,1-3H3,(H,24,25,27). The molecule has 0 aliphatic carbocycles. The number of anilines is 1. The minimum atomic E-state index is -0.472. The van der Waals surface area contributed by atoms with Crippen LogP contribution in [0.3, 0.4) is 0 Å². The van der Waals surface area contributed by atoms with Crippen molar-refractivity contribution in [2.45, 2.75) is 33.4 Å². The van der Waals surface area contributed by atoms with Gasteiger partial charge in [0.2, 0.25) is 5.95 Å². The zero-order valence-corrected chi connectivity index (χ0v) is 18.2. The smallest absolute Gasteiger partial charge is 0.248 e. The second-order valence-electron chi connectivity index (χ2n) is 7.09. The van der Waals surface area contributed by atoms with Gasteiger partial charge in [-0.1, -0.05) is 41.0 Å². The maximum absolute atomic E-state index is 12.4. The molecule has 1 aliphatic heterocycles. The number of ether oxygens (including phenoxy) is 2. The molecule has 31 heavy (non-hydrogen) atoms. The number of Topliss-reactive ketones (excluding diaryl/α,β-unsaturated/α-hetero) is 1. The van der Waals surface area contributed by atoms with Gasteiger partial charge in [0.15, 0.2) is 17.3 Å². The molecule has 0 radical (unpaired) electrons. The molecule has 0 saturated carbocycles. The molecule has 1 aromatic heterocycles. The SMILES string of the molecule is CCOc1cc(C2C(C(C)=O)=C(C)Nc3nnnn32)ccc1OCc1ccccc1Cl. The molecule has 3 aromatic rings. The first-order valence-electron chi connectivity index (χ1n) is 9.89. The van der Waals surface area contributed by atoms with E-state index in [2.05, 4.69) is 20.8 Å². The minimum Gasteiger partial charge on any atom is -0.490 e. The maximum atomic E-state index is 12.4. The number of halogens is 1. The molecule has 1 aliphatic rings. The lowest BCUT2D eigenvalue weighted by molar-refractivity contribution is -0.114. The first-order valence-corrected chi connectivity index (χ1v) is 10.3. The molecule has 0 fully saturated rings. The average Bonchev–Trinajstić information content (AvgIpc) is 3.21. The first kappa shape index (κ1) is 20.9. The van der Waals surface area contributed by atoms with Crippen molar-refractivity contribution in [2.75, 3.05) is 11.9 Å². The number of tetrazole rings is 1. The summed E-state index contributed by atoms with van der Waals surface area (Å²) in [5.41, 5.74) is 3.00. The number of hydrogen-bond donors (Lipinski definition) is 1. The molecule has 1 atom stereocenters. The monoisotopic (exact) mass is 439 g/mol. The molecular weight excluding hydrogens is 418 g/mol. The summed E-state index contributed by atoms with van der Waals surface area (Å²) in [5.74, 6) is 1.57. The summed E-state index contributed by atoms with van der Waals surface area (Å²) in [6, 6.07) is 12.6. The lowest BCUT2D eigenvalue weighted by atomic mass is 9.93. The number of carbonyl (C=O) groups excluding carboxylic acids is 1. The topological polar surface area (TPSA) is 91.2 Å². The van der Waals surface area contributed by atoms with Crippen molar-refractivity contribution in [1.29, 1.82) is 0 Å². The van der Waals surface area contributed by atoms with Gasteiger partial charge >= 0.3 is 0 Å². The molecule has 8 nitrogen and oxygen atoms in total. The van der Waals surface area contributed by atoms with Crippen molar-refractivity contribution in [3.63, 3.8) is 0 Å². The maximum Gasteiger partial charge on any atom is 0.248 e. The molecule has 1 unspecified atom stereocenters. The molecule has 0 bridgehead atoms. The van der Waals surface area contributed by atoms with Crippen molar-refractivity contribution in [3.05, 3.63) is 69.9 Å². The van der Waals surface area contributed by atoms with Crippen LogP contribution in [0.4, 0.5) is 5.95 Å². The van der Waals surface area contributed by atoms with Gasteiger partial charge in [-0.05, 0) is 55.0 Å². The van der Waals surface area contributed by atoms with Gasteiger partial charge in [-0.3, -0.25) is 4.79 Å². The van der Waals surface area contributed by atoms with Gasteiger partial charge in [-0.2, -0.15) is 4.68 Å². The summed E-state index contributed by atoms with van der Waals surface area (Å²) in [6.45, 7) is 6.05. The molecule has 9 heteroatoms. The second kappa shape index (κ2) is 8.77. The summed E-state index contributed by atoms with van der Waals surface area (Å²) in [5, 5.41) is 15.6. The molecule has 4 rings (SSSR count). The highest BCUT2D eigenvalue weighted by Gasteiger charge is 2.32. The summed E-state index contributed by atoms with van der Waals surface area (Å²) in [7, 11) is 0. The van der Waals surface area contributed by atoms with E-state index < -0.39 is 6.04 Å². The van der Waals surface area contributed by atoms with Crippen LogP contribution in [-0.4, -0.2) is 32.6 Å². The Hall–Kier alpha value is -3.39. The predicted octanol–water partition coefficient (Wildman–Crippen LogP) is 4.18. The number of aromatic nitrogens is 4. The zero-order chi connectivity index (χ0) is 22.0. The Bertz CT molecular complexity index is 1160. The van der Waals surface area contributed by atoms with Crippen LogP contribution in [0.1, 0.15) is 37.9 Å². The fourth-order valence-electron chi connectivity index (χ4n) is 3.63. The van der Waals surface area contributed by atoms with Crippen molar-refractivity contribution < 1.29 is 14.3 Å². The third kappa shape index (κ3) is 4.11. The molecule has 0 spiro atoms. The highest BCUT2D eigenvalue weighted by atomic mass is 35.5. The van der Waals surface area contributed by atoms with E-state index in [4.69, 9.17) is 21.1 Å². The summed E-state index contributed by atoms with van der Waals surface area (Å²) in [4.78, 5) is 12.4. The minimum absolute atomic E-state index is 0.0619. The van der Waals surface area contributed by atoms with Crippen LogP contribution >= 0.6 is 11.6 Å². The quantitative estimate of drug-likeness (QED) is 0.590. The largest absolute Gasteiger partial charge is 0.490 e. The third-order valence-electron chi connectivity index (χ3n) is 5.02. The van der Waals surface area contributed by atoms with Gasteiger partial charge in [0.1, 0.15) is 12.6 Å². The Kier molecular flexibility index (Phi) is 5.90.